The van der Waals surface area contributed by atoms with Crippen LogP contribution in [-0.4, -0.2) is 14.1 Å². The van der Waals surface area contributed by atoms with Crippen molar-refractivity contribution in [3.8, 4) is 0 Å². The fourth-order valence-corrected chi connectivity index (χ4v) is 2.08. The molecule has 0 saturated carbocycles. The van der Waals surface area contributed by atoms with Crippen molar-refractivity contribution in [1.82, 2.24) is 0 Å². The predicted octanol–water partition coefficient (Wildman–Crippen LogP) is 3.84. The second-order valence-corrected chi connectivity index (χ2v) is 5.59. The molecule has 17 heavy (non-hydrogen) atoms. The summed E-state index contributed by atoms with van der Waals surface area (Å²) in [5.74, 6) is 0.681. The lowest BCUT2D eigenvalue weighted by Crippen LogP contribution is -2.13. The topological polar surface area (TPSA) is 29.3 Å². The van der Waals surface area contributed by atoms with Crippen LogP contribution in [0.1, 0.15) is 38.3 Å². The van der Waals surface area contributed by atoms with Crippen LogP contribution in [-0.2, 0) is 0 Å². The van der Waals surface area contributed by atoms with Crippen molar-refractivity contribution >= 4 is 17.3 Å². The molecule has 0 spiro atoms. The zero-order valence-corrected chi connectivity index (χ0v) is 12.0. The summed E-state index contributed by atoms with van der Waals surface area (Å²) in [5.41, 5.74) is 8.33. The first-order valence-corrected chi connectivity index (χ1v) is 6.52. The first kappa shape index (κ1) is 14.3. The quantitative estimate of drug-likeness (QED) is 0.865. The van der Waals surface area contributed by atoms with Crippen molar-refractivity contribution in [1.29, 1.82) is 0 Å². The van der Waals surface area contributed by atoms with Gasteiger partial charge in [-0.3, -0.25) is 0 Å². The van der Waals surface area contributed by atoms with Crippen LogP contribution in [0.25, 0.3) is 0 Å². The molecule has 0 bridgehead atoms. The van der Waals surface area contributed by atoms with Crippen LogP contribution < -0.4 is 10.6 Å². The van der Waals surface area contributed by atoms with Gasteiger partial charge in [0.05, 0.1) is 0 Å². The highest BCUT2D eigenvalue weighted by atomic mass is 35.5. The lowest BCUT2D eigenvalue weighted by molar-refractivity contribution is 0.507. The molecule has 1 rings (SSSR count). The molecule has 2 nitrogen and oxygen atoms in total. The number of nitrogens with two attached hydrogens (primary N) is 1. The average Bonchev–Trinajstić information content (AvgIpc) is 2.25. The van der Waals surface area contributed by atoms with Crippen molar-refractivity contribution < 1.29 is 0 Å². The zero-order chi connectivity index (χ0) is 13.0. The van der Waals surface area contributed by atoms with Crippen LogP contribution in [0.3, 0.4) is 0 Å². The van der Waals surface area contributed by atoms with E-state index in [4.69, 9.17) is 17.3 Å². The molecule has 0 unspecified atom stereocenters. The van der Waals surface area contributed by atoms with Gasteiger partial charge in [-0.15, -0.1) is 0 Å². The second-order valence-electron chi connectivity index (χ2n) is 5.18. The van der Waals surface area contributed by atoms with E-state index >= 15 is 0 Å². The Morgan fingerprint density at radius 3 is 2.35 bits per heavy atom. The average molecular weight is 255 g/mol. The van der Waals surface area contributed by atoms with E-state index in [1.807, 2.05) is 31.1 Å². The maximum Gasteiger partial charge on any atom is 0.0474 e. The van der Waals surface area contributed by atoms with Gasteiger partial charge in [-0.2, -0.15) is 0 Å². The molecule has 2 N–H and O–H groups in total. The molecule has 0 aliphatic rings. The van der Waals surface area contributed by atoms with Gasteiger partial charge in [-0.1, -0.05) is 31.5 Å². The number of halogens is 1. The largest absolute Gasteiger partial charge is 0.378 e. The van der Waals surface area contributed by atoms with Gasteiger partial charge in [0.15, 0.2) is 0 Å². The van der Waals surface area contributed by atoms with Crippen LogP contribution in [0, 0.1) is 5.92 Å². The minimum absolute atomic E-state index is 0.0427. The Morgan fingerprint density at radius 2 is 1.88 bits per heavy atom. The van der Waals surface area contributed by atoms with Gasteiger partial charge in [-0.25, -0.2) is 0 Å². The molecule has 1 aromatic rings. The number of hydrogen-bond donors (Lipinski definition) is 1. The third kappa shape index (κ3) is 4.21. The van der Waals surface area contributed by atoms with Gasteiger partial charge in [0, 0.05) is 30.8 Å². The Bertz CT molecular complexity index is 361. The fraction of sp³-hybridized carbons (Fsp3) is 0.571. The van der Waals surface area contributed by atoms with E-state index in [1.54, 1.807) is 0 Å². The maximum absolute atomic E-state index is 6.28. The van der Waals surface area contributed by atoms with E-state index < -0.39 is 0 Å². The molecular formula is C14H23ClN2. The molecule has 1 atom stereocenters. The number of benzene rings is 1. The molecule has 0 aliphatic heterocycles. The third-order valence-electron chi connectivity index (χ3n) is 2.95. The summed E-state index contributed by atoms with van der Waals surface area (Å²) >= 11 is 6.28. The number of nitrogens with zero attached hydrogens (tertiary/aromatic N) is 1. The summed E-state index contributed by atoms with van der Waals surface area (Å²) in [6.45, 7) is 4.42. The van der Waals surface area contributed by atoms with Crippen LogP contribution in [0.15, 0.2) is 18.2 Å². The first-order chi connectivity index (χ1) is 7.91. The van der Waals surface area contributed by atoms with Crippen molar-refractivity contribution in [2.45, 2.75) is 32.7 Å². The third-order valence-corrected chi connectivity index (χ3v) is 3.28. The second kappa shape index (κ2) is 6.27. The Kier molecular flexibility index (Phi) is 5.29. The van der Waals surface area contributed by atoms with E-state index in [-0.39, 0.29) is 6.04 Å². The standard InChI is InChI=1S/C14H23ClN2/c1-10(2)5-8-14(16)12-7-6-11(17(3)4)9-13(12)15/h6-7,9-10,14H,5,8,16H2,1-4H3/t14-/m0/s1. The molecule has 1 aromatic carbocycles. The predicted molar refractivity (Wildman–Crippen MR) is 76.8 cm³/mol. The van der Waals surface area contributed by atoms with Crippen molar-refractivity contribution in [3.63, 3.8) is 0 Å². The van der Waals surface area contributed by atoms with Gasteiger partial charge >= 0.3 is 0 Å². The minimum atomic E-state index is 0.0427. The summed E-state index contributed by atoms with van der Waals surface area (Å²) in [4.78, 5) is 2.04. The summed E-state index contributed by atoms with van der Waals surface area (Å²) < 4.78 is 0. The lowest BCUT2D eigenvalue weighted by atomic mass is 9.98. The molecule has 0 saturated heterocycles. The summed E-state index contributed by atoms with van der Waals surface area (Å²) in [5, 5.41) is 0.771. The number of rotatable bonds is 5. The Hall–Kier alpha value is -0.730. The SMILES string of the molecule is CC(C)CC[C@H](N)c1ccc(N(C)C)cc1Cl. The summed E-state index contributed by atoms with van der Waals surface area (Å²) in [6.07, 6.45) is 2.12. The van der Waals surface area contributed by atoms with Crippen molar-refractivity contribution in [2.24, 2.45) is 11.7 Å². The Balaban J connectivity index is 2.77. The lowest BCUT2D eigenvalue weighted by Gasteiger charge is -2.18. The van der Waals surface area contributed by atoms with Gasteiger partial charge in [0.1, 0.15) is 0 Å². The molecule has 0 amide bonds. The summed E-state index contributed by atoms with van der Waals surface area (Å²) in [7, 11) is 4.01. The molecule has 0 heterocycles. The molecular weight excluding hydrogens is 232 g/mol. The fourth-order valence-electron chi connectivity index (χ4n) is 1.76. The Labute approximate surface area is 110 Å². The van der Waals surface area contributed by atoms with E-state index in [1.165, 1.54) is 0 Å². The van der Waals surface area contributed by atoms with Crippen LogP contribution in [0.4, 0.5) is 5.69 Å². The molecule has 0 fully saturated rings. The molecule has 96 valence electrons. The van der Waals surface area contributed by atoms with Crippen LogP contribution in [0.2, 0.25) is 5.02 Å². The highest BCUT2D eigenvalue weighted by Gasteiger charge is 2.11. The van der Waals surface area contributed by atoms with Crippen molar-refractivity contribution in [2.75, 3.05) is 19.0 Å². The normalized spacial score (nSPS) is 12.9. The maximum atomic E-state index is 6.28. The molecule has 0 radical (unpaired) electrons. The number of hydrogen-bond acceptors (Lipinski definition) is 2. The highest BCUT2D eigenvalue weighted by molar-refractivity contribution is 6.31. The van der Waals surface area contributed by atoms with E-state index in [9.17, 15) is 0 Å². The monoisotopic (exact) mass is 254 g/mol. The Morgan fingerprint density at radius 1 is 1.24 bits per heavy atom. The van der Waals surface area contributed by atoms with Gasteiger partial charge in [0.2, 0.25) is 0 Å². The van der Waals surface area contributed by atoms with E-state index in [2.05, 4.69) is 19.9 Å². The first-order valence-electron chi connectivity index (χ1n) is 6.14. The van der Waals surface area contributed by atoms with Crippen molar-refractivity contribution in [3.05, 3.63) is 28.8 Å². The minimum Gasteiger partial charge on any atom is -0.378 e. The van der Waals surface area contributed by atoms with Gasteiger partial charge in [0.25, 0.3) is 0 Å². The van der Waals surface area contributed by atoms with E-state index in [0.29, 0.717) is 5.92 Å². The smallest absolute Gasteiger partial charge is 0.0474 e. The van der Waals surface area contributed by atoms with Crippen LogP contribution >= 0.6 is 11.6 Å². The zero-order valence-electron chi connectivity index (χ0n) is 11.2. The molecule has 0 aliphatic carbocycles. The summed E-state index contributed by atoms with van der Waals surface area (Å²) in [6, 6.07) is 6.13. The highest BCUT2D eigenvalue weighted by Crippen LogP contribution is 2.29. The van der Waals surface area contributed by atoms with Crippen LogP contribution in [0.5, 0.6) is 0 Å². The van der Waals surface area contributed by atoms with Gasteiger partial charge < -0.3 is 10.6 Å². The number of anilines is 1. The molecule has 3 heteroatoms. The van der Waals surface area contributed by atoms with E-state index in [0.717, 1.165) is 29.1 Å². The molecule has 0 aromatic heterocycles. The van der Waals surface area contributed by atoms with Gasteiger partial charge in [-0.05, 0) is 36.5 Å².